The second-order valence-electron chi connectivity index (χ2n) is 7.49. The van der Waals surface area contributed by atoms with E-state index in [0.717, 1.165) is 24.1 Å². The summed E-state index contributed by atoms with van der Waals surface area (Å²) >= 11 is 0. The highest BCUT2D eigenvalue weighted by atomic mass is 32.2. The van der Waals surface area contributed by atoms with Crippen molar-refractivity contribution in [2.45, 2.75) is 40.5 Å². The van der Waals surface area contributed by atoms with Crippen LogP contribution in [0.15, 0.2) is 23.2 Å². The number of guanidine groups is 1. The number of aryl methyl sites for hydroxylation is 1. The number of nitrogens with zero attached hydrogens (tertiary/aromatic N) is 1. The smallest absolute Gasteiger partial charge is 0.191 e. The van der Waals surface area contributed by atoms with E-state index in [1.54, 1.807) is 6.07 Å². The van der Waals surface area contributed by atoms with Gasteiger partial charge in [-0.1, -0.05) is 19.9 Å². The number of hydrogen-bond acceptors (Lipinski definition) is 3. The molecule has 5 nitrogen and oxygen atoms in total. The molecule has 0 radical (unpaired) electrons. The number of aliphatic imine (C=N–C) groups is 1. The summed E-state index contributed by atoms with van der Waals surface area (Å²) < 4.78 is 35.9. The van der Waals surface area contributed by atoms with Gasteiger partial charge in [-0.25, -0.2) is 12.8 Å². The minimum absolute atomic E-state index is 0.170. The Bertz CT molecular complexity index is 715. The van der Waals surface area contributed by atoms with E-state index in [-0.39, 0.29) is 17.0 Å². The Balaban J connectivity index is 2.59. The largest absolute Gasteiger partial charge is 0.357 e. The van der Waals surface area contributed by atoms with E-state index < -0.39 is 9.84 Å². The van der Waals surface area contributed by atoms with Crippen LogP contribution in [-0.4, -0.2) is 46.0 Å². The predicted molar refractivity (Wildman–Crippen MR) is 107 cm³/mol. The first-order valence-electron chi connectivity index (χ1n) is 8.97. The van der Waals surface area contributed by atoms with Gasteiger partial charge in [0, 0.05) is 25.9 Å². The fourth-order valence-electron chi connectivity index (χ4n) is 2.43. The van der Waals surface area contributed by atoms with Crippen LogP contribution < -0.4 is 10.6 Å². The molecule has 1 rings (SSSR count). The lowest BCUT2D eigenvalue weighted by Crippen LogP contribution is -2.39. The Labute approximate surface area is 157 Å². The van der Waals surface area contributed by atoms with Crippen molar-refractivity contribution in [3.05, 3.63) is 35.1 Å². The number of sulfone groups is 1. The topological polar surface area (TPSA) is 70.6 Å². The highest BCUT2D eigenvalue weighted by Gasteiger charge is 2.20. The summed E-state index contributed by atoms with van der Waals surface area (Å²) in [6, 6.07) is 4.83. The Hall–Kier alpha value is -1.63. The van der Waals surface area contributed by atoms with E-state index in [0.29, 0.717) is 25.5 Å². The van der Waals surface area contributed by atoms with Crippen molar-refractivity contribution in [2.75, 3.05) is 31.6 Å². The van der Waals surface area contributed by atoms with Gasteiger partial charge in [-0.15, -0.1) is 0 Å². The molecule has 0 spiro atoms. The zero-order valence-electron chi connectivity index (χ0n) is 16.5. The first kappa shape index (κ1) is 22.4. The number of nitrogens with one attached hydrogen (secondary N) is 2. The van der Waals surface area contributed by atoms with Crippen molar-refractivity contribution in [1.29, 1.82) is 0 Å². The van der Waals surface area contributed by atoms with Gasteiger partial charge in [0.05, 0.1) is 5.75 Å². The minimum Gasteiger partial charge on any atom is -0.357 e. The third-order valence-corrected chi connectivity index (χ3v) is 5.10. The van der Waals surface area contributed by atoms with Crippen molar-refractivity contribution in [3.63, 3.8) is 0 Å². The van der Waals surface area contributed by atoms with Gasteiger partial charge >= 0.3 is 0 Å². The molecule has 0 amide bonds. The fourth-order valence-corrected chi connectivity index (χ4v) is 3.35. The molecule has 0 bridgehead atoms. The Kier molecular flexibility index (Phi) is 8.53. The molecule has 0 atom stereocenters. The molecule has 0 aliphatic rings. The molecule has 0 heterocycles. The highest BCUT2D eigenvalue weighted by molar-refractivity contribution is 7.90. The normalized spacial score (nSPS) is 12.9. The van der Waals surface area contributed by atoms with Gasteiger partial charge in [-0.2, -0.15) is 0 Å². The second kappa shape index (κ2) is 9.90. The van der Waals surface area contributed by atoms with Crippen LogP contribution in [0.1, 0.15) is 38.3 Å². The van der Waals surface area contributed by atoms with Crippen LogP contribution in [0.3, 0.4) is 0 Å². The molecular formula is C19H32FN3O2S. The maximum Gasteiger partial charge on any atom is 0.191 e. The van der Waals surface area contributed by atoms with Gasteiger partial charge in [0.2, 0.25) is 0 Å². The fraction of sp³-hybridized carbons (Fsp3) is 0.632. The summed E-state index contributed by atoms with van der Waals surface area (Å²) in [6.07, 6.45) is 2.60. The quantitative estimate of drug-likeness (QED) is 0.506. The van der Waals surface area contributed by atoms with E-state index in [1.807, 2.05) is 33.8 Å². The zero-order chi connectivity index (χ0) is 19.8. The van der Waals surface area contributed by atoms with E-state index in [1.165, 1.54) is 12.3 Å². The monoisotopic (exact) mass is 385 g/mol. The van der Waals surface area contributed by atoms with Crippen LogP contribution in [-0.2, 0) is 16.3 Å². The molecule has 0 fully saturated rings. The van der Waals surface area contributed by atoms with Crippen molar-refractivity contribution < 1.29 is 12.8 Å². The molecule has 1 aromatic carbocycles. The molecule has 0 aliphatic heterocycles. The van der Waals surface area contributed by atoms with Gasteiger partial charge in [-0.3, -0.25) is 4.99 Å². The first-order valence-corrected chi connectivity index (χ1v) is 11.0. The maximum atomic E-state index is 13.2. The lowest BCUT2D eigenvalue weighted by Gasteiger charge is -2.22. The number of halogens is 1. The summed E-state index contributed by atoms with van der Waals surface area (Å²) in [5.74, 6) is 0.661. The summed E-state index contributed by atoms with van der Waals surface area (Å²) in [7, 11) is -2.96. The number of benzene rings is 1. The molecule has 0 unspecified atom stereocenters. The SMILES string of the molecule is CCNC(=NCC(C)(C)CCS(C)(=O)=O)NCCc1ccc(F)cc1C. The Morgan fingerprint density at radius 1 is 1.27 bits per heavy atom. The lowest BCUT2D eigenvalue weighted by molar-refractivity contribution is 0.365. The molecule has 0 aliphatic carbocycles. The summed E-state index contributed by atoms with van der Waals surface area (Å²) in [5.41, 5.74) is 1.85. The molecule has 0 saturated carbocycles. The van der Waals surface area contributed by atoms with Crippen LogP contribution in [0.4, 0.5) is 4.39 Å². The molecule has 7 heteroatoms. The summed E-state index contributed by atoms with van der Waals surface area (Å²) in [5, 5.41) is 6.48. The molecule has 26 heavy (non-hydrogen) atoms. The van der Waals surface area contributed by atoms with Gasteiger partial charge < -0.3 is 10.6 Å². The molecule has 148 valence electrons. The summed E-state index contributed by atoms with van der Waals surface area (Å²) in [4.78, 5) is 4.59. The van der Waals surface area contributed by atoms with Crippen LogP contribution in [0.25, 0.3) is 0 Å². The number of hydrogen-bond donors (Lipinski definition) is 2. The van der Waals surface area contributed by atoms with Crippen LogP contribution in [0, 0.1) is 18.2 Å². The van der Waals surface area contributed by atoms with Crippen molar-refractivity contribution >= 4 is 15.8 Å². The van der Waals surface area contributed by atoms with Crippen LogP contribution >= 0.6 is 0 Å². The van der Waals surface area contributed by atoms with Gasteiger partial charge in [0.15, 0.2) is 5.96 Å². The van der Waals surface area contributed by atoms with Gasteiger partial charge in [0.25, 0.3) is 0 Å². The highest BCUT2D eigenvalue weighted by Crippen LogP contribution is 2.21. The van der Waals surface area contributed by atoms with Crippen molar-refractivity contribution in [2.24, 2.45) is 10.4 Å². The van der Waals surface area contributed by atoms with Crippen molar-refractivity contribution in [3.8, 4) is 0 Å². The molecule has 1 aromatic rings. The van der Waals surface area contributed by atoms with Gasteiger partial charge in [0.1, 0.15) is 15.7 Å². The third-order valence-electron chi connectivity index (χ3n) is 4.15. The van der Waals surface area contributed by atoms with Crippen LogP contribution in [0.5, 0.6) is 0 Å². The Morgan fingerprint density at radius 2 is 1.96 bits per heavy atom. The number of rotatable bonds is 9. The predicted octanol–water partition coefficient (Wildman–Crippen LogP) is 2.69. The lowest BCUT2D eigenvalue weighted by atomic mass is 9.90. The molecular weight excluding hydrogens is 353 g/mol. The molecule has 0 saturated heterocycles. The van der Waals surface area contributed by atoms with E-state index in [2.05, 4.69) is 15.6 Å². The first-order chi connectivity index (χ1) is 12.0. The standard InChI is InChI=1S/C19H32FN3O2S/c1-6-21-18(23-14-19(3,4)10-12-26(5,24)25)22-11-9-16-7-8-17(20)13-15(16)2/h7-8,13H,6,9-12,14H2,1-5H3,(H2,21,22,23). The third kappa shape index (κ3) is 9.17. The summed E-state index contributed by atoms with van der Waals surface area (Å²) in [6.45, 7) is 9.90. The molecule has 2 N–H and O–H groups in total. The zero-order valence-corrected chi connectivity index (χ0v) is 17.3. The van der Waals surface area contributed by atoms with Crippen LogP contribution in [0.2, 0.25) is 0 Å². The van der Waals surface area contributed by atoms with E-state index in [9.17, 15) is 12.8 Å². The minimum atomic E-state index is -2.96. The average Bonchev–Trinajstić information content (AvgIpc) is 2.52. The van der Waals surface area contributed by atoms with Crippen molar-refractivity contribution in [1.82, 2.24) is 10.6 Å². The second-order valence-corrected chi connectivity index (χ2v) is 9.75. The maximum absolute atomic E-state index is 13.2. The average molecular weight is 386 g/mol. The van der Waals surface area contributed by atoms with E-state index in [4.69, 9.17) is 0 Å². The van der Waals surface area contributed by atoms with Gasteiger partial charge in [-0.05, 0) is 55.4 Å². The molecule has 0 aromatic heterocycles. The van der Waals surface area contributed by atoms with E-state index >= 15 is 0 Å². The Morgan fingerprint density at radius 3 is 2.54 bits per heavy atom.